The lowest BCUT2D eigenvalue weighted by atomic mass is 10.1. The van der Waals surface area contributed by atoms with Gasteiger partial charge >= 0.3 is 0 Å². The third-order valence-electron chi connectivity index (χ3n) is 2.87. The van der Waals surface area contributed by atoms with E-state index in [1.54, 1.807) is 18.5 Å². The number of benzene rings is 1. The largest absolute Gasteiger partial charge is 0.348 e. The van der Waals surface area contributed by atoms with Gasteiger partial charge in [0.1, 0.15) is 5.82 Å². The molecule has 0 aliphatic heterocycles. The number of hydrogen-bond acceptors (Lipinski definition) is 2. The summed E-state index contributed by atoms with van der Waals surface area (Å²) in [6.45, 7) is 3.00. The molecule has 0 bridgehead atoms. The molecule has 2 rings (SSSR count). The van der Waals surface area contributed by atoms with E-state index >= 15 is 0 Å². The molecule has 0 amide bonds. The van der Waals surface area contributed by atoms with Gasteiger partial charge in [-0.3, -0.25) is 0 Å². The number of aromatic amines is 1. The van der Waals surface area contributed by atoms with Crippen LogP contribution in [0.25, 0.3) is 0 Å². The van der Waals surface area contributed by atoms with Crippen molar-refractivity contribution in [2.75, 3.05) is 6.54 Å². The van der Waals surface area contributed by atoms with E-state index in [-0.39, 0.29) is 5.82 Å². The van der Waals surface area contributed by atoms with Gasteiger partial charge in [-0.2, -0.15) is 0 Å². The maximum absolute atomic E-state index is 13.0. The highest BCUT2D eigenvalue weighted by atomic mass is 19.1. The van der Waals surface area contributed by atoms with Crippen molar-refractivity contribution in [2.45, 2.75) is 25.8 Å². The second-order valence-electron chi connectivity index (χ2n) is 4.52. The Labute approximate surface area is 106 Å². The van der Waals surface area contributed by atoms with Crippen LogP contribution in [-0.4, -0.2) is 22.6 Å². The van der Waals surface area contributed by atoms with Crippen LogP contribution in [0, 0.1) is 5.82 Å². The number of rotatable bonds is 6. The zero-order valence-electron chi connectivity index (χ0n) is 10.5. The van der Waals surface area contributed by atoms with Crippen LogP contribution in [0.2, 0.25) is 0 Å². The van der Waals surface area contributed by atoms with Gasteiger partial charge in [-0.15, -0.1) is 0 Å². The van der Waals surface area contributed by atoms with Crippen LogP contribution in [0.15, 0.2) is 36.8 Å². The van der Waals surface area contributed by atoms with Crippen molar-refractivity contribution in [3.05, 3.63) is 53.9 Å². The first-order chi connectivity index (χ1) is 8.74. The summed E-state index contributed by atoms with van der Waals surface area (Å²) in [6.07, 6.45) is 5.28. The van der Waals surface area contributed by atoms with Gasteiger partial charge in [0.05, 0.1) is 6.33 Å². The molecule has 4 heteroatoms. The van der Waals surface area contributed by atoms with Crippen LogP contribution in [0.3, 0.4) is 0 Å². The molecular weight excluding hydrogens is 229 g/mol. The van der Waals surface area contributed by atoms with Crippen LogP contribution in [0.5, 0.6) is 0 Å². The van der Waals surface area contributed by atoms with Crippen LogP contribution < -0.4 is 5.32 Å². The fourth-order valence-electron chi connectivity index (χ4n) is 1.96. The van der Waals surface area contributed by atoms with Gasteiger partial charge in [0, 0.05) is 30.9 Å². The van der Waals surface area contributed by atoms with E-state index in [2.05, 4.69) is 22.2 Å². The molecule has 0 aliphatic carbocycles. The van der Waals surface area contributed by atoms with Crippen LogP contribution >= 0.6 is 0 Å². The molecule has 0 fully saturated rings. The molecule has 1 unspecified atom stereocenters. The first-order valence-electron chi connectivity index (χ1n) is 6.19. The van der Waals surface area contributed by atoms with Crippen LogP contribution in [-0.2, 0) is 12.8 Å². The van der Waals surface area contributed by atoms with Crippen molar-refractivity contribution in [1.29, 1.82) is 0 Å². The molecule has 2 N–H and O–H groups in total. The molecule has 1 aromatic heterocycles. The quantitative estimate of drug-likeness (QED) is 0.822. The first-order valence-corrected chi connectivity index (χ1v) is 6.19. The molecule has 2 aromatic rings. The van der Waals surface area contributed by atoms with Crippen LogP contribution in [0.4, 0.5) is 4.39 Å². The number of nitrogens with one attached hydrogen (secondary N) is 2. The van der Waals surface area contributed by atoms with Gasteiger partial charge in [-0.25, -0.2) is 9.37 Å². The molecule has 0 aliphatic rings. The summed E-state index contributed by atoms with van der Waals surface area (Å²) >= 11 is 0. The minimum absolute atomic E-state index is 0.169. The highest BCUT2D eigenvalue weighted by Gasteiger charge is 2.04. The zero-order chi connectivity index (χ0) is 12.8. The summed E-state index contributed by atoms with van der Waals surface area (Å²) in [6, 6.07) is 7.10. The lowest BCUT2D eigenvalue weighted by Crippen LogP contribution is -2.30. The van der Waals surface area contributed by atoms with Crippen LogP contribution in [0.1, 0.15) is 18.2 Å². The number of aromatic nitrogens is 2. The smallest absolute Gasteiger partial charge is 0.123 e. The summed E-state index contributed by atoms with van der Waals surface area (Å²) in [5.41, 5.74) is 2.15. The number of halogens is 1. The maximum Gasteiger partial charge on any atom is 0.123 e. The highest BCUT2D eigenvalue weighted by molar-refractivity contribution is 5.17. The second-order valence-corrected chi connectivity index (χ2v) is 4.52. The predicted molar refractivity (Wildman–Crippen MR) is 69.9 cm³/mol. The minimum atomic E-state index is -0.169. The zero-order valence-corrected chi connectivity index (χ0v) is 10.5. The topological polar surface area (TPSA) is 40.7 Å². The number of nitrogens with zero attached hydrogens (tertiary/aromatic N) is 1. The monoisotopic (exact) mass is 247 g/mol. The molecule has 0 saturated heterocycles. The van der Waals surface area contributed by atoms with Crippen molar-refractivity contribution in [1.82, 2.24) is 15.3 Å². The fraction of sp³-hybridized carbons (Fsp3) is 0.357. The fourth-order valence-corrected chi connectivity index (χ4v) is 1.96. The average molecular weight is 247 g/mol. The third kappa shape index (κ3) is 3.96. The number of imidazole rings is 1. The standard InChI is InChI=1S/C14H18FN3/c1-11(7-12-3-2-4-13(15)8-12)17-6-5-14-9-16-10-18-14/h2-4,8-11,17H,5-7H2,1H3,(H,16,18). The van der Waals surface area contributed by atoms with E-state index in [1.165, 1.54) is 6.07 Å². The van der Waals surface area contributed by atoms with Gasteiger partial charge in [0.25, 0.3) is 0 Å². The molecule has 3 nitrogen and oxygen atoms in total. The Bertz CT molecular complexity index is 468. The number of hydrogen-bond donors (Lipinski definition) is 2. The van der Waals surface area contributed by atoms with Gasteiger partial charge < -0.3 is 10.3 Å². The number of H-pyrrole nitrogens is 1. The van der Waals surface area contributed by atoms with E-state index in [4.69, 9.17) is 0 Å². The van der Waals surface area contributed by atoms with E-state index in [0.717, 1.165) is 30.6 Å². The lowest BCUT2D eigenvalue weighted by molar-refractivity contribution is 0.544. The Morgan fingerprint density at radius 1 is 1.44 bits per heavy atom. The van der Waals surface area contributed by atoms with E-state index in [0.29, 0.717) is 6.04 Å². The molecule has 0 radical (unpaired) electrons. The summed E-state index contributed by atoms with van der Waals surface area (Å²) in [5, 5.41) is 3.42. The summed E-state index contributed by atoms with van der Waals surface area (Å²) in [5.74, 6) is -0.169. The van der Waals surface area contributed by atoms with Crippen molar-refractivity contribution in [3.8, 4) is 0 Å². The lowest BCUT2D eigenvalue weighted by Gasteiger charge is -2.13. The first kappa shape index (κ1) is 12.8. The molecule has 18 heavy (non-hydrogen) atoms. The van der Waals surface area contributed by atoms with E-state index < -0.39 is 0 Å². The van der Waals surface area contributed by atoms with E-state index in [9.17, 15) is 4.39 Å². The predicted octanol–water partition coefficient (Wildman–Crippen LogP) is 2.31. The third-order valence-corrected chi connectivity index (χ3v) is 2.87. The Balaban J connectivity index is 1.73. The molecule has 0 spiro atoms. The molecule has 1 aromatic carbocycles. The van der Waals surface area contributed by atoms with E-state index in [1.807, 2.05) is 12.3 Å². The maximum atomic E-state index is 13.0. The second kappa shape index (κ2) is 6.31. The SMILES string of the molecule is CC(Cc1cccc(F)c1)NCCc1cnc[nH]1. The Hall–Kier alpha value is -1.68. The van der Waals surface area contributed by atoms with Gasteiger partial charge in [-0.1, -0.05) is 12.1 Å². The van der Waals surface area contributed by atoms with Crippen molar-refractivity contribution >= 4 is 0 Å². The Morgan fingerprint density at radius 3 is 3.06 bits per heavy atom. The molecule has 1 atom stereocenters. The molecule has 96 valence electrons. The average Bonchev–Trinajstić information content (AvgIpc) is 2.82. The highest BCUT2D eigenvalue weighted by Crippen LogP contribution is 2.06. The summed E-state index contributed by atoms with van der Waals surface area (Å²) in [7, 11) is 0. The minimum Gasteiger partial charge on any atom is -0.348 e. The van der Waals surface area contributed by atoms with Gasteiger partial charge in [-0.05, 0) is 31.0 Å². The Morgan fingerprint density at radius 2 is 2.33 bits per heavy atom. The molecule has 1 heterocycles. The Kier molecular flexibility index (Phi) is 4.47. The molecule has 0 saturated carbocycles. The van der Waals surface area contributed by atoms with Gasteiger partial charge in [0.2, 0.25) is 0 Å². The summed E-state index contributed by atoms with van der Waals surface area (Å²) in [4.78, 5) is 7.04. The van der Waals surface area contributed by atoms with Gasteiger partial charge in [0.15, 0.2) is 0 Å². The molecular formula is C14H18FN3. The normalized spacial score (nSPS) is 12.6. The van der Waals surface area contributed by atoms with Crippen molar-refractivity contribution < 1.29 is 4.39 Å². The summed E-state index contributed by atoms with van der Waals surface area (Å²) < 4.78 is 13.0. The van der Waals surface area contributed by atoms with Crippen molar-refractivity contribution in [3.63, 3.8) is 0 Å². The van der Waals surface area contributed by atoms with Crippen molar-refractivity contribution in [2.24, 2.45) is 0 Å².